The topological polar surface area (TPSA) is 102 Å². The van der Waals surface area contributed by atoms with Gasteiger partial charge in [-0.25, -0.2) is 8.42 Å². The second-order valence-electron chi connectivity index (χ2n) is 6.51. The molecule has 8 heteroatoms. The molecule has 1 N–H and O–H groups in total. The van der Waals surface area contributed by atoms with Crippen molar-refractivity contribution in [2.24, 2.45) is 0 Å². The first-order valence-electron chi connectivity index (χ1n) is 8.80. The van der Waals surface area contributed by atoms with Crippen LogP contribution in [0, 0.1) is 13.8 Å². The van der Waals surface area contributed by atoms with Crippen molar-refractivity contribution in [3.05, 3.63) is 76.9 Å². The predicted octanol–water partition coefficient (Wildman–Crippen LogP) is 2.63. The summed E-state index contributed by atoms with van der Waals surface area (Å²) in [6.45, 7) is 4.19. The number of carbonyl (C=O) groups excluding carboxylic acids is 1. The highest BCUT2D eigenvalue weighted by molar-refractivity contribution is 7.91. The van der Waals surface area contributed by atoms with Gasteiger partial charge in [-0.3, -0.25) is 4.79 Å². The number of aryl methyl sites for hydroxylation is 3. The minimum atomic E-state index is -3.46. The molecule has 1 aromatic heterocycles. The number of nitrogens with zero attached hydrogens (tertiary/aromatic N) is 2. The van der Waals surface area contributed by atoms with Crippen molar-refractivity contribution in [2.75, 3.05) is 5.75 Å². The SMILES string of the molecule is Cc1ccc(S(=O)(=O)CCc2noc(C(=O)NCc3ccccc3C)n2)cc1. The van der Waals surface area contributed by atoms with E-state index in [1.54, 1.807) is 24.3 Å². The van der Waals surface area contributed by atoms with Crippen LogP contribution in [-0.2, 0) is 22.8 Å². The van der Waals surface area contributed by atoms with Gasteiger partial charge in [0, 0.05) is 13.0 Å². The van der Waals surface area contributed by atoms with E-state index in [2.05, 4.69) is 15.5 Å². The average Bonchev–Trinajstić information content (AvgIpc) is 3.15. The Morgan fingerprint density at radius 3 is 2.50 bits per heavy atom. The molecule has 28 heavy (non-hydrogen) atoms. The van der Waals surface area contributed by atoms with Gasteiger partial charge in [-0.05, 0) is 37.1 Å². The van der Waals surface area contributed by atoms with Gasteiger partial charge in [0.2, 0.25) is 0 Å². The van der Waals surface area contributed by atoms with E-state index in [4.69, 9.17) is 4.52 Å². The Kier molecular flexibility index (Phi) is 5.89. The molecular formula is C20H21N3O4S. The first-order valence-corrected chi connectivity index (χ1v) is 10.4. The summed E-state index contributed by atoms with van der Waals surface area (Å²) >= 11 is 0. The second-order valence-corrected chi connectivity index (χ2v) is 8.62. The quantitative estimate of drug-likeness (QED) is 0.655. The molecule has 3 aromatic rings. The Labute approximate surface area is 163 Å². The third kappa shape index (κ3) is 4.83. The van der Waals surface area contributed by atoms with Crippen molar-refractivity contribution in [3.63, 3.8) is 0 Å². The first-order chi connectivity index (χ1) is 13.3. The van der Waals surface area contributed by atoms with Gasteiger partial charge in [0.15, 0.2) is 15.7 Å². The lowest BCUT2D eigenvalue weighted by molar-refractivity contribution is 0.0907. The standard InChI is InChI=1S/C20H21N3O4S/c1-14-7-9-17(10-8-14)28(25,26)12-11-18-22-20(27-23-18)19(24)21-13-16-6-4-3-5-15(16)2/h3-10H,11-13H2,1-2H3,(H,21,24). The van der Waals surface area contributed by atoms with E-state index in [1.165, 1.54) is 0 Å². The zero-order valence-corrected chi connectivity index (χ0v) is 16.5. The Morgan fingerprint density at radius 2 is 1.79 bits per heavy atom. The Hall–Kier alpha value is -3.00. The van der Waals surface area contributed by atoms with Crippen LogP contribution < -0.4 is 5.32 Å². The highest BCUT2D eigenvalue weighted by Crippen LogP contribution is 2.13. The van der Waals surface area contributed by atoms with Gasteiger partial charge in [0.25, 0.3) is 0 Å². The number of benzene rings is 2. The van der Waals surface area contributed by atoms with Crippen LogP contribution in [0.15, 0.2) is 57.9 Å². The summed E-state index contributed by atoms with van der Waals surface area (Å²) in [7, 11) is -3.46. The molecule has 1 heterocycles. The number of hydrogen-bond acceptors (Lipinski definition) is 6. The fraction of sp³-hybridized carbons (Fsp3) is 0.250. The summed E-state index contributed by atoms with van der Waals surface area (Å²) in [6, 6.07) is 14.3. The van der Waals surface area contributed by atoms with Crippen molar-refractivity contribution < 1.29 is 17.7 Å². The monoisotopic (exact) mass is 399 g/mol. The van der Waals surface area contributed by atoms with Crippen molar-refractivity contribution in [3.8, 4) is 0 Å². The minimum absolute atomic E-state index is 0.0603. The molecule has 0 radical (unpaired) electrons. The number of sulfone groups is 1. The largest absolute Gasteiger partial charge is 0.344 e. The molecule has 0 fully saturated rings. The predicted molar refractivity (Wildman–Crippen MR) is 104 cm³/mol. The molecule has 1 amide bonds. The molecule has 7 nitrogen and oxygen atoms in total. The Morgan fingerprint density at radius 1 is 1.07 bits per heavy atom. The maximum Gasteiger partial charge on any atom is 0.315 e. The van der Waals surface area contributed by atoms with E-state index >= 15 is 0 Å². The van der Waals surface area contributed by atoms with Crippen molar-refractivity contribution in [2.45, 2.75) is 31.7 Å². The molecule has 0 aliphatic heterocycles. The molecule has 0 spiro atoms. The maximum absolute atomic E-state index is 12.4. The molecule has 0 aliphatic rings. The van der Waals surface area contributed by atoms with Crippen molar-refractivity contribution in [1.29, 1.82) is 0 Å². The number of hydrogen-bond donors (Lipinski definition) is 1. The van der Waals surface area contributed by atoms with Gasteiger partial charge in [-0.15, -0.1) is 0 Å². The fourth-order valence-electron chi connectivity index (χ4n) is 2.60. The summed E-state index contributed by atoms with van der Waals surface area (Å²) in [6.07, 6.45) is 0.0603. The molecule has 146 valence electrons. The third-order valence-corrected chi connectivity index (χ3v) is 6.07. The van der Waals surface area contributed by atoms with Crippen molar-refractivity contribution >= 4 is 15.7 Å². The first kappa shape index (κ1) is 19.8. The van der Waals surface area contributed by atoms with Gasteiger partial charge in [-0.2, -0.15) is 4.98 Å². The summed E-state index contributed by atoms with van der Waals surface area (Å²) in [4.78, 5) is 16.4. The van der Waals surface area contributed by atoms with Crippen LogP contribution in [0.4, 0.5) is 0 Å². The zero-order chi connectivity index (χ0) is 20.1. The van der Waals surface area contributed by atoms with Gasteiger partial charge in [-0.1, -0.05) is 47.1 Å². The van der Waals surface area contributed by atoms with E-state index in [1.807, 2.05) is 38.1 Å². The van der Waals surface area contributed by atoms with E-state index in [-0.39, 0.29) is 28.8 Å². The molecule has 0 saturated heterocycles. The number of aromatic nitrogens is 2. The van der Waals surface area contributed by atoms with E-state index in [0.717, 1.165) is 16.7 Å². The van der Waals surface area contributed by atoms with Gasteiger partial charge < -0.3 is 9.84 Å². The lowest BCUT2D eigenvalue weighted by Gasteiger charge is -2.05. The van der Waals surface area contributed by atoms with Crippen LogP contribution in [0.5, 0.6) is 0 Å². The molecule has 2 aromatic carbocycles. The molecular weight excluding hydrogens is 378 g/mol. The van der Waals surface area contributed by atoms with Crippen LogP contribution in [0.25, 0.3) is 0 Å². The van der Waals surface area contributed by atoms with Crippen LogP contribution in [0.1, 0.15) is 33.2 Å². The smallest absolute Gasteiger partial charge is 0.315 e. The summed E-state index contributed by atoms with van der Waals surface area (Å²) < 4.78 is 29.7. The minimum Gasteiger partial charge on any atom is -0.344 e. The van der Waals surface area contributed by atoms with Gasteiger partial charge in [0.05, 0.1) is 10.6 Å². The normalized spacial score (nSPS) is 11.4. The summed E-state index contributed by atoms with van der Waals surface area (Å²) in [5, 5.41) is 6.43. The lowest BCUT2D eigenvalue weighted by atomic mass is 10.1. The lowest BCUT2D eigenvalue weighted by Crippen LogP contribution is -2.23. The molecule has 0 unspecified atom stereocenters. The molecule has 0 saturated carbocycles. The van der Waals surface area contributed by atoms with Gasteiger partial charge in [0.1, 0.15) is 0 Å². The molecule has 3 rings (SSSR count). The number of carbonyl (C=O) groups is 1. The number of rotatable bonds is 7. The van der Waals surface area contributed by atoms with Gasteiger partial charge >= 0.3 is 11.8 Å². The summed E-state index contributed by atoms with van der Waals surface area (Å²) in [5.41, 5.74) is 3.04. The van der Waals surface area contributed by atoms with Crippen LogP contribution in [0.2, 0.25) is 0 Å². The Balaban J connectivity index is 1.58. The summed E-state index contributed by atoms with van der Waals surface area (Å²) in [5.74, 6) is -0.670. The Bertz CT molecular complexity index is 1070. The molecule has 0 bridgehead atoms. The fourth-order valence-corrected chi connectivity index (χ4v) is 3.83. The highest BCUT2D eigenvalue weighted by Gasteiger charge is 2.19. The average molecular weight is 399 g/mol. The maximum atomic E-state index is 12.4. The van der Waals surface area contributed by atoms with Crippen LogP contribution >= 0.6 is 0 Å². The number of amides is 1. The molecule has 0 atom stereocenters. The van der Waals surface area contributed by atoms with E-state index in [9.17, 15) is 13.2 Å². The highest BCUT2D eigenvalue weighted by atomic mass is 32.2. The van der Waals surface area contributed by atoms with Crippen molar-refractivity contribution in [1.82, 2.24) is 15.5 Å². The number of nitrogens with one attached hydrogen (secondary N) is 1. The van der Waals surface area contributed by atoms with Crippen LogP contribution in [-0.4, -0.2) is 30.2 Å². The van der Waals surface area contributed by atoms with Crippen LogP contribution in [0.3, 0.4) is 0 Å². The van der Waals surface area contributed by atoms with E-state index < -0.39 is 15.7 Å². The second kappa shape index (κ2) is 8.35. The third-order valence-electron chi connectivity index (χ3n) is 4.34. The molecule has 0 aliphatic carbocycles. The van der Waals surface area contributed by atoms with E-state index in [0.29, 0.717) is 6.54 Å². The zero-order valence-electron chi connectivity index (χ0n) is 15.7.